The number of nitrogens with one attached hydrogen (secondary N) is 1. The Kier molecular flexibility index (Phi) is 3.08. The molecule has 0 radical (unpaired) electrons. The summed E-state index contributed by atoms with van der Waals surface area (Å²) in [7, 11) is 0. The molecule has 1 aliphatic rings. The molecule has 2 aromatic rings. The molecule has 1 N–H and O–H groups in total. The van der Waals surface area contributed by atoms with Crippen molar-refractivity contribution < 1.29 is 9.53 Å². The van der Waals surface area contributed by atoms with Crippen molar-refractivity contribution in [2.75, 3.05) is 5.32 Å². The Morgan fingerprint density at radius 2 is 2.20 bits per heavy atom. The number of anilines is 1. The third kappa shape index (κ3) is 2.00. The van der Waals surface area contributed by atoms with E-state index >= 15 is 0 Å². The van der Waals surface area contributed by atoms with E-state index < -0.39 is 6.23 Å². The van der Waals surface area contributed by atoms with E-state index in [4.69, 9.17) is 4.74 Å². The number of rotatable bonds is 3. The molecule has 0 aliphatic carbocycles. The van der Waals surface area contributed by atoms with Crippen molar-refractivity contribution in [1.29, 1.82) is 0 Å². The van der Waals surface area contributed by atoms with Crippen LogP contribution in [0.15, 0.2) is 30.3 Å². The molecule has 3 rings (SSSR count). The molecule has 1 aliphatic heterocycles. The lowest BCUT2D eigenvalue weighted by molar-refractivity contribution is 0.0437. The third-order valence-corrected chi connectivity index (χ3v) is 3.56. The molecule has 0 aromatic heterocycles. The van der Waals surface area contributed by atoms with E-state index in [1.54, 1.807) is 6.07 Å². The topological polar surface area (TPSA) is 38.3 Å². The molecule has 1 atom stereocenters. The first-order chi connectivity index (χ1) is 9.70. The number of aryl methyl sites for hydroxylation is 2. The maximum atomic E-state index is 11.8. The van der Waals surface area contributed by atoms with Gasteiger partial charge in [0.1, 0.15) is 5.56 Å². The normalized spacial score (nSPS) is 16.3. The maximum Gasteiger partial charge on any atom is 0.349 e. The first-order valence-corrected chi connectivity index (χ1v) is 6.69. The van der Waals surface area contributed by atoms with Gasteiger partial charge in [-0.25, -0.2) is 4.79 Å². The zero-order valence-corrected chi connectivity index (χ0v) is 11.5. The van der Waals surface area contributed by atoms with Crippen molar-refractivity contribution in [1.82, 2.24) is 0 Å². The fourth-order valence-corrected chi connectivity index (χ4v) is 2.49. The Morgan fingerprint density at radius 1 is 1.35 bits per heavy atom. The lowest BCUT2D eigenvalue weighted by Crippen LogP contribution is -2.12. The van der Waals surface area contributed by atoms with E-state index in [9.17, 15) is 4.79 Å². The summed E-state index contributed by atoms with van der Waals surface area (Å²) in [6.45, 7) is 4.15. The van der Waals surface area contributed by atoms with Crippen molar-refractivity contribution in [3.05, 3.63) is 64.7 Å². The molecule has 0 fully saturated rings. The molecule has 1 unspecified atom stereocenters. The SMILES string of the molecule is CCc1cccc(C)c1NC1OC(=O)c2c#cccc21. The van der Waals surface area contributed by atoms with Gasteiger partial charge in [0.15, 0.2) is 0 Å². The smallest absolute Gasteiger partial charge is 0.349 e. The van der Waals surface area contributed by atoms with Crippen LogP contribution in [-0.2, 0) is 11.2 Å². The Morgan fingerprint density at radius 3 is 3.00 bits per heavy atom. The van der Waals surface area contributed by atoms with Gasteiger partial charge in [-0.15, -0.1) is 0 Å². The van der Waals surface area contributed by atoms with Crippen LogP contribution in [0.3, 0.4) is 0 Å². The second kappa shape index (κ2) is 4.90. The molecule has 3 nitrogen and oxygen atoms in total. The summed E-state index contributed by atoms with van der Waals surface area (Å²) < 4.78 is 5.39. The number of carbonyl (C=O) groups excluding carboxylic acids is 1. The monoisotopic (exact) mass is 265 g/mol. The second-order valence-corrected chi connectivity index (χ2v) is 4.83. The summed E-state index contributed by atoms with van der Waals surface area (Å²) in [5, 5.41) is 3.34. The van der Waals surface area contributed by atoms with Gasteiger partial charge in [0.2, 0.25) is 6.23 Å². The fraction of sp³-hybridized carbons (Fsp3) is 0.235. The molecule has 1 heterocycles. The number of esters is 1. The number of cyclic esters (lactones) is 1. The average Bonchev–Trinajstić information content (AvgIpc) is 2.78. The van der Waals surface area contributed by atoms with Crippen LogP contribution in [0.5, 0.6) is 0 Å². The second-order valence-electron chi connectivity index (χ2n) is 4.83. The predicted octanol–water partition coefficient (Wildman–Crippen LogP) is 3.44. The van der Waals surface area contributed by atoms with Crippen LogP contribution in [0, 0.1) is 19.1 Å². The highest BCUT2D eigenvalue weighted by atomic mass is 16.6. The summed E-state index contributed by atoms with van der Waals surface area (Å²) in [4.78, 5) is 11.8. The Labute approximate surface area is 118 Å². The zero-order valence-electron chi connectivity index (χ0n) is 11.5. The Hall–Kier alpha value is -2.47. The van der Waals surface area contributed by atoms with Crippen LogP contribution < -0.4 is 5.32 Å². The highest BCUT2D eigenvalue weighted by molar-refractivity contribution is 5.93. The summed E-state index contributed by atoms with van der Waals surface area (Å²) in [5.41, 5.74) is 4.67. The number of hydrogen-bond donors (Lipinski definition) is 1. The molecule has 100 valence electrons. The minimum atomic E-state index is -0.449. The quantitative estimate of drug-likeness (QED) is 0.864. The molecule has 0 amide bonds. The highest BCUT2D eigenvalue weighted by Crippen LogP contribution is 2.32. The van der Waals surface area contributed by atoms with Crippen LogP contribution in [0.2, 0.25) is 0 Å². The van der Waals surface area contributed by atoms with Crippen LogP contribution >= 0.6 is 0 Å². The molecular weight excluding hydrogens is 250 g/mol. The molecule has 20 heavy (non-hydrogen) atoms. The Balaban J connectivity index is 1.96. The van der Waals surface area contributed by atoms with Crippen LogP contribution in [0.25, 0.3) is 0 Å². The molecule has 0 bridgehead atoms. The van der Waals surface area contributed by atoms with Crippen LogP contribution in [0.4, 0.5) is 5.69 Å². The summed E-state index contributed by atoms with van der Waals surface area (Å²) in [5.74, 6) is -0.346. The minimum Gasteiger partial charge on any atom is -0.433 e. The number of para-hydroxylation sites is 1. The van der Waals surface area contributed by atoms with Gasteiger partial charge in [-0.1, -0.05) is 37.3 Å². The number of hydrogen-bond acceptors (Lipinski definition) is 3. The molecule has 3 heteroatoms. The van der Waals surface area contributed by atoms with E-state index in [0.29, 0.717) is 5.56 Å². The molecule has 0 spiro atoms. The van der Waals surface area contributed by atoms with Gasteiger partial charge >= 0.3 is 5.97 Å². The number of benzene rings is 1. The lowest BCUT2D eigenvalue weighted by Gasteiger charge is -2.18. The van der Waals surface area contributed by atoms with Crippen molar-refractivity contribution in [3.8, 4) is 0 Å². The molecule has 0 saturated carbocycles. The van der Waals surface area contributed by atoms with Crippen molar-refractivity contribution in [2.45, 2.75) is 26.5 Å². The third-order valence-electron chi connectivity index (χ3n) is 3.56. The van der Waals surface area contributed by atoms with Crippen molar-refractivity contribution in [3.63, 3.8) is 0 Å². The average molecular weight is 265 g/mol. The summed E-state index contributed by atoms with van der Waals surface area (Å²) >= 11 is 0. The molecular formula is C17H15NO2. The first-order valence-electron chi connectivity index (χ1n) is 6.69. The summed E-state index contributed by atoms with van der Waals surface area (Å²) in [6, 6.07) is 15.4. The van der Waals surface area contributed by atoms with E-state index in [0.717, 1.165) is 23.2 Å². The lowest BCUT2D eigenvalue weighted by atomic mass is 10.0. The highest BCUT2D eigenvalue weighted by Gasteiger charge is 2.31. The van der Waals surface area contributed by atoms with Gasteiger partial charge in [0.25, 0.3) is 0 Å². The fourth-order valence-electron chi connectivity index (χ4n) is 2.49. The summed E-state index contributed by atoms with van der Waals surface area (Å²) in [6.07, 6.45) is 0.474. The minimum absolute atomic E-state index is 0.346. The molecule has 0 saturated heterocycles. The van der Waals surface area contributed by atoms with Crippen LogP contribution in [0.1, 0.15) is 40.2 Å². The number of carbonyl (C=O) groups is 1. The van der Waals surface area contributed by atoms with Gasteiger partial charge < -0.3 is 10.1 Å². The standard InChI is InChI=1S/C17H15NO2/c1-3-12-8-6-7-11(2)15(12)18-16-13-9-4-5-10-14(13)17(19)20-16/h4,6-9,16,18H,3H2,1-2H3. The Bertz CT molecular complexity index is 664. The van der Waals surface area contributed by atoms with Crippen molar-refractivity contribution >= 4 is 11.7 Å². The first kappa shape index (κ1) is 12.6. The van der Waals surface area contributed by atoms with E-state index in [1.807, 2.05) is 25.1 Å². The van der Waals surface area contributed by atoms with Gasteiger partial charge in [0, 0.05) is 11.3 Å². The molecule has 2 aromatic carbocycles. The van der Waals surface area contributed by atoms with E-state index in [-0.39, 0.29) is 5.97 Å². The van der Waals surface area contributed by atoms with E-state index in [1.165, 1.54) is 5.56 Å². The van der Waals surface area contributed by atoms with Gasteiger partial charge in [-0.05, 0) is 36.6 Å². The van der Waals surface area contributed by atoms with Crippen LogP contribution in [-0.4, -0.2) is 5.97 Å². The van der Waals surface area contributed by atoms with Gasteiger partial charge in [0.05, 0.1) is 0 Å². The maximum absolute atomic E-state index is 11.8. The van der Waals surface area contributed by atoms with Gasteiger partial charge in [-0.2, -0.15) is 0 Å². The largest absolute Gasteiger partial charge is 0.433 e. The predicted molar refractivity (Wildman–Crippen MR) is 76.5 cm³/mol. The van der Waals surface area contributed by atoms with Gasteiger partial charge in [-0.3, -0.25) is 0 Å². The zero-order chi connectivity index (χ0) is 14.1. The van der Waals surface area contributed by atoms with Crippen molar-refractivity contribution in [2.24, 2.45) is 0 Å². The van der Waals surface area contributed by atoms with E-state index in [2.05, 4.69) is 30.4 Å². The number of fused-ring (bicyclic) bond motifs is 1. The number of ether oxygens (including phenoxy) is 1.